The molecule has 0 bridgehead atoms. The summed E-state index contributed by atoms with van der Waals surface area (Å²) in [5.74, 6) is -0.875. The largest absolute Gasteiger partial charge is 0.546 e. The molecule has 2 heterocycles. The molecule has 0 N–H and O–H groups in total. The molecule has 0 atom stereocenters. The highest BCUT2D eigenvalue weighted by atomic mass is 32.1. The molecule has 0 unspecified atom stereocenters. The van der Waals surface area contributed by atoms with Gasteiger partial charge in [-0.3, -0.25) is 4.79 Å². The van der Waals surface area contributed by atoms with E-state index in [9.17, 15) is 14.7 Å². The minimum Gasteiger partial charge on any atom is -0.546 e. The lowest BCUT2D eigenvalue weighted by molar-refractivity contribution is -0.307. The molecular formula is C17H14N3O4S-. The number of hydrogen-bond acceptors (Lipinski definition) is 7. The Bertz CT molecular complexity index is 989. The number of thiophene rings is 1. The van der Waals surface area contributed by atoms with Crippen molar-refractivity contribution in [1.82, 2.24) is 9.66 Å². The first-order valence-corrected chi connectivity index (χ1v) is 8.35. The maximum atomic E-state index is 12.4. The highest BCUT2D eigenvalue weighted by molar-refractivity contribution is 7.18. The van der Waals surface area contributed by atoms with Gasteiger partial charge in [-0.2, -0.15) is 9.78 Å². The van der Waals surface area contributed by atoms with Crippen molar-refractivity contribution in [3.05, 3.63) is 57.5 Å². The average Bonchev–Trinajstić information content (AvgIpc) is 3.04. The number of fused-ring (bicyclic) bond motifs is 1. The van der Waals surface area contributed by atoms with Gasteiger partial charge in [0.05, 0.1) is 17.6 Å². The Morgan fingerprint density at radius 1 is 1.40 bits per heavy atom. The lowest BCUT2D eigenvalue weighted by atomic mass is 10.2. The van der Waals surface area contributed by atoms with E-state index in [1.807, 2.05) is 13.0 Å². The van der Waals surface area contributed by atoms with Gasteiger partial charge in [0.1, 0.15) is 23.5 Å². The maximum absolute atomic E-state index is 12.4. The predicted molar refractivity (Wildman–Crippen MR) is 93.2 cm³/mol. The molecule has 0 radical (unpaired) electrons. The van der Waals surface area contributed by atoms with Crippen LogP contribution in [0.3, 0.4) is 0 Å². The summed E-state index contributed by atoms with van der Waals surface area (Å²) in [7, 11) is 0. The summed E-state index contributed by atoms with van der Waals surface area (Å²) in [5, 5.41) is 15.1. The maximum Gasteiger partial charge on any atom is 0.282 e. The molecule has 0 fully saturated rings. The summed E-state index contributed by atoms with van der Waals surface area (Å²) in [6, 6.07) is 8.47. The van der Waals surface area contributed by atoms with E-state index in [-0.39, 0.29) is 5.56 Å². The fourth-order valence-corrected chi connectivity index (χ4v) is 3.07. The number of carbonyl (C=O) groups is 1. The number of aromatic nitrogens is 2. The minimum atomic E-state index is -1.28. The quantitative estimate of drug-likeness (QED) is 0.615. The van der Waals surface area contributed by atoms with Crippen LogP contribution in [-0.4, -0.2) is 28.5 Å². The fourth-order valence-electron chi connectivity index (χ4n) is 2.14. The molecule has 8 heteroatoms. The molecule has 0 spiro atoms. The summed E-state index contributed by atoms with van der Waals surface area (Å²) in [5.41, 5.74) is 0.512. The van der Waals surface area contributed by atoms with Gasteiger partial charge in [0.2, 0.25) is 0 Å². The third kappa shape index (κ3) is 3.92. The number of hydrogen-bond donors (Lipinski definition) is 0. The number of rotatable bonds is 6. The molecule has 0 aliphatic rings. The predicted octanol–water partition coefficient (Wildman–Crippen LogP) is 1.03. The SMILES string of the molecule is CCc1cc2c(=O)n(/N=C\c3ccc(OCC(=O)[O-])cc3)cnc2s1. The van der Waals surface area contributed by atoms with Crippen LogP contribution in [0.2, 0.25) is 0 Å². The Hall–Kier alpha value is -3.00. The lowest BCUT2D eigenvalue weighted by Gasteiger charge is -2.06. The average molecular weight is 356 g/mol. The van der Waals surface area contributed by atoms with Crippen LogP contribution in [0.1, 0.15) is 17.4 Å². The van der Waals surface area contributed by atoms with Gasteiger partial charge in [0.15, 0.2) is 0 Å². The Morgan fingerprint density at radius 2 is 2.16 bits per heavy atom. The lowest BCUT2D eigenvalue weighted by Crippen LogP contribution is -2.28. The van der Waals surface area contributed by atoms with Gasteiger partial charge >= 0.3 is 0 Å². The van der Waals surface area contributed by atoms with Crippen molar-refractivity contribution in [3.63, 3.8) is 0 Å². The number of aryl methyl sites for hydroxylation is 1. The summed E-state index contributed by atoms with van der Waals surface area (Å²) < 4.78 is 6.18. The van der Waals surface area contributed by atoms with Gasteiger partial charge in [-0.05, 0) is 42.3 Å². The number of nitrogens with zero attached hydrogens (tertiary/aromatic N) is 3. The molecule has 0 aliphatic heterocycles. The summed E-state index contributed by atoms with van der Waals surface area (Å²) in [4.78, 5) is 28.8. The smallest absolute Gasteiger partial charge is 0.282 e. The first-order chi connectivity index (χ1) is 12.1. The van der Waals surface area contributed by atoms with Crippen LogP contribution in [0.4, 0.5) is 0 Å². The zero-order chi connectivity index (χ0) is 17.8. The van der Waals surface area contributed by atoms with Crippen LogP contribution in [0, 0.1) is 0 Å². The van der Waals surface area contributed by atoms with Crippen LogP contribution in [0.25, 0.3) is 10.2 Å². The van der Waals surface area contributed by atoms with Crippen LogP contribution >= 0.6 is 11.3 Å². The second-order valence-electron chi connectivity index (χ2n) is 5.15. The Kier molecular flexibility index (Phi) is 4.90. The highest BCUT2D eigenvalue weighted by Crippen LogP contribution is 2.20. The van der Waals surface area contributed by atoms with E-state index in [4.69, 9.17) is 4.74 Å². The zero-order valence-corrected chi connectivity index (χ0v) is 14.2. The Labute approximate surface area is 146 Å². The number of benzene rings is 1. The monoisotopic (exact) mass is 356 g/mol. The van der Waals surface area contributed by atoms with Crippen LogP contribution in [-0.2, 0) is 11.2 Å². The van der Waals surface area contributed by atoms with Gasteiger partial charge < -0.3 is 14.6 Å². The van der Waals surface area contributed by atoms with E-state index in [1.54, 1.807) is 24.3 Å². The van der Waals surface area contributed by atoms with Crippen molar-refractivity contribution in [1.29, 1.82) is 0 Å². The summed E-state index contributed by atoms with van der Waals surface area (Å²) in [6.45, 7) is 1.52. The topological polar surface area (TPSA) is 96.6 Å². The number of carboxylic acid groups (broad SMARTS) is 1. The third-order valence-electron chi connectivity index (χ3n) is 3.40. The number of carboxylic acids is 1. The standard InChI is InChI=1S/C17H15N3O4S/c1-2-13-7-14-16(25-13)18-10-20(17(14)23)19-8-11-3-5-12(6-4-11)24-9-15(21)22/h3-8,10H,2,9H2,1H3,(H,21,22)/p-1/b19-8-. The van der Waals surface area contributed by atoms with E-state index in [2.05, 4.69) is 10.1 Å². The summed E-state index contributed by atoms with van der Waals surface area (Å²) in [6.07, 6.45) is 3.77. The minimum absolute atomic E-state index is 0.217. The van der Waals surface area contributed by atoms with Crippen molar-refractivity contribution in [2.24, 2.45) is 5.10 Å². The van der Waals surface area contributed by atoms with Crippen molar-refractivity contribution < 1.29 is 14.6 Å². The van der Waals surface area contributed by atoms with Crippen molar-refractivity contribution in [2.45, 2.75) is 13.3 Å². The van der Waals surface area contributed by atoms with Gasteiger partial charge in [-0.25, -0.2) is 4.98 Å². The third-order valence-corrected chi connectivity index (χ3v) is 4.59. The molecule has 25 heavy (non-hydrogen) atoms. The van der Waals surface area contributed by atoms with Gasteiger partial charge in [-0.15, -0.1) is 11.3 Å². The van der Waals surface area contributed by atoms with Crippen molar-refractivity contribution in [3.8, 4) is 5.75 Å². The molecule has 3 aromatic rings. The molecule has 0 saturated carbocycles. The molecule has 7 nitrogen and oxygen atoms in total. The van der Waals surface area contributed by atoms with E-state index >= 15 is 0 Å². The number of aliphatic carboxylic acids is 1. The molecule has 128 valence electrons. The van der Waals surface area contributed by atoms with E-state index in [1.165, 1.54) is 28.6 Å². The van der Waals surface area contributed by atoms with E-state index in [0.717, 1.165) is 16.9 Å². The number of ether oxygens (including phenoxy) is 1. The molecule has 0 saturated heterocycles. The molecule has 0 amide bonds. The van der Waals surface area contributed by atoms with Crippen molar-refractivity contribution >= 4 is 33.7 Å². The molecule has 2 aromatic heterocycles. The van der Waals surface area contributed by atoms with Gasteiger partial charge in [-0.1, -0.05) is 6.92 Å². The molecule has 1 aromatic carbocycles. The van der Waals surface area contributed by atoms with Crippen LogP contribution in [0.5, 0.6) is 5.75 Å². The number of carbonyl (C=O) groups excluding carboxylic acids is 1. The molecular weight excluding hydrogens is 342 g/mol. The highest BCUT2D eigenvalue weighted by Gasteiger charge is 2.07. The molecule has 0 aliphatic carbocycles. The molecule has 3 rings (SSSR count). The Morgan fingerprint density at radius 3 is 2.84 bits per heavy atom. The normalized spacial score (nSPS) is 11.2. The second-order valence-corrected chi connectivity index (χ2v) is 6.27. The van der Waals surface area contributed by atoms with Gasteiger partial charge in [0, 0.05) is 4.88 Å². The Balaban J connectivity index is 1.79. The van der Waals surface area contributed by atoms with E-state index < -0.39 is 12.6 Å². The van der Waals surface area contributed by atoms with Crippen LogP contribution < -0.4 is 15.4 Å². The van der Waals surface area contributed by atoms with Crippen molar-refractivity contribution in [2.75, 3.05) is 6.61 Å². The van der Waals surface area contributed by atoms with Gasteiger partial charge in [0.25, 0.3) is 5.56 Å². The second kappa shape index (κ2) is 7.27. The first-order valence-electron chi connectivity index (χ1n) is 7.54. The zero-order valence-electron chi connectivity index (χ0n) is 13.3. The fraction of sp³-hybridized carbons (Fsp3) is 0.176. The van der Waals surface area contributed by atoms with E-state index in [0.29, 0.717) is 16.0 Å². The summed E-state index contributed by atoms with van der Waals surface area (Å²) >= 11 is 1.51. The first kappa shape index (κ1) is 16.8. The van der Waals surface area contributed by atoms with Crippen LogP contribution in [0.15, 0.2) is 46.6 Å².